The highest BCUT2D eigenvalue weighted by Crippen LogP contribution is 2.28. The number of piperidine rings is 1. The van der Waals surface area contributed by atoms with Crippen molar-refractivity contribution in [1.82, 2.24) is 19.9 Å². The second-order valence-electron chi connectivity index (χ2n) is 4.95. The molecule has 2 aromatic heterocycles. The predicted octanol–water partition coefficient (Wildman–Crippen LogP) is 1.82. The van der Waals surface area contributed by atoms with Gasteiger partial charge >= 0.3 is 0 Å². The molecule has 1 aliphatic heterocycles. The molecule has 0 radical (unpaired) electrons. The van der Waals surface area contributed by atoms with E-state index in [1.165, 1.54) is 12.2 Å². The molecule has 17 heavy (non-hydrogen) atoms. The van der Waals surface area contributed by atoms with Gasteiger partial charge in [-0.25, -0.2) is 9.97 Å². The lowest BCUT2D eigenvalue weighted by molar-refractivity contribution is 0.367. The van der Waals surface area contributed by atoms with Crippen molar-refractivity contribution in [3.8, 4) is 0 Å². The lowest BCUT2D eigenvalue weighted by atomic mass is 9.92. The molecule has 2 unspecified atom stereocenters. The standard InChI is InChI=1S/C13H18N4/c1-9-8-10(5-7-14-9)13-16-12-11(17(13)2)4-3-6-15-12/h3-4,6,9-10,14H,5,7-8H2,1-2H3. The van der Waals surface area contributed by atoms with Crippen LogP contribution in [0.4, 0.5) is 0 Å². The molecule has 90 valence electrons. The molecule has 0 amide bonds. The van der Waals surface area contributed by atoms with Gasteiger partial charge in [0.15, 0.2) is 5.65 Å². The molecule has 2 aromatic rings. The SMILES string of the molecule is CC1CC(c2nc3ncccc3n2C)CCN1. The van der Waals surface area contributed by atoms with Crippen LogP contribution in [0.2, 0.25) is 0 Å². The molecular weight excluding hydrogens is 212 g/mol. The van der Waals surface area contributed by atoms with Gasteiger partial charge < -0.3 is 9.88 Å². The number of imidazole rings is 1. The van der Waals surface area contributed by atoms with Gasteiger partial charge in [-0.2, -0.15) is 0 Å². The maximum absolute atomic E-state index is 4.69. The molecule has 1 saturated heterocycles. The Morgan fingerprint density at radius 1 is 1.47 bits per heavy atom. The van der Waals surface area contributed by atoms with Gasteiger partial charge in [-0.05, 0) is 38.4 Å². The van der Waals surface area contributed by atoms with E-state index in [1.54, 1.807) is 0 Å². The summed E-state index contributed by atoms with van der Waals surface area (Å²) in [7, 11) is 2.10. The van der Waals surface area contributed by atoms with Gasteiger partial charge in [-0.3, -0.25) is 0 Å². The van der Waals surface area contributed by atoms with Crippen molar-refractivity contribution in [2.45, 2.75) is 31.7 Å². The van der Waals surface area contributed by atoms with E-state index in [4.69, 9.17) is 4.98 Å². The van der Waals surface area contributed by atoms with Crippen LogP contribution >= 0.6 is 0 Å². The van der Waals surface area contributed by atoms with Crippen molar-refractivity contribution >= 4 is 11.2 Å². The first-order valence-electron chi connectivity index (χ1n) is 6.26. The van der Waals surface area contributed by atoms with E-state index < -0.39 is 0 Å². The maximum Gasteiger partial charge on any atom is 0.177 e. The Balaban J connectivity index is 2.02. The highest BCUT2D eigenvalue weighted by molar-refractivity contribution is 5.71. The van der Waals surface area contributed by atoms with Crippen molar-refractivity contribution in [3.05, 3.63) is 24.2 Å². The zero-order valence-electron chi connectivity index (χ0n) is 10.3. The van der Waals surface area contributed by atoms with Crippen LogP contribution < -0.4 is 5.32 Å². The molecule has 1 N–H and O–H groups in total. The summed E-state index contributed by atoms with van der Waals surface area (Å²) in [5.74, 6) is 1.75. The third kappa shape index (κ3) is 1.82. The normalized spacial score (nSPS) is 25.3. The Morgan fingerprint density at radius 2 is 2.35 bits per heavy atom. The van der Waals surface area contributed by atoms with Crippen molar-refractivity contribution in [3.63, 3.8) is 0 Å². The zero-order chi connectivity index (χ0) is 11.8. The fraction of sp³-hybridized carbons (Fsp3) is 0.538. The summed E-state index contributed by atoms with van der Waals surface area (Å²) in [4.78, 5) is 9.02. The number of aryl methyl sites for hydroxylation is 1. The van der Waals surface area contributed by atoms with Crippen LogP contribution in [-0.2, 0) is 7.05 Å². The number of nitrogens with zero attached hydrogens (tertiary/aromatic N) is 3. The van der Waals surface area contributed by atoms with E-state index in [9.17, 15) is 0 Å². The monoisotopic (exact) mass is 230 g/mol. The van der Waals surface area contributed by atoms with E-state index in [1.807, 2.05) is 12.3 Å². The van der Waals surface area contributed by atoms with Crippen molar-refractivity contribution < 1.29 is 0 Å². The number of hydrogen-bond donors (Lipinski definition) is 1. The topological polar surface area (TPSA) is 42.7 Å². The first kappa shape index (κ1) is 10.7. The first-order chi connectivity index (χ1) is 8.25. The summed E-state index contributed by atoms with van der Waals surface area (Å²) in [6.45, 7) is 3.33. The van der Waals surface area contributed by atoms with E-state index in [0.717, 1.165) is 24.1 Å². The van der Waals surface area contributed by atoms with Crippen molar-refractivity contribution in [2.24, 2.45) is 7.05 Å². The molecule has 2 atom stereocenters. The second kappa shape index (κ2) is 4.11. The maximum atomic E-state index is 4.69. The lowest BCUT2D eigenvalue weighted by Crippen LogP contribution is -2.35. The van der Waals surface area contributed by atoms with Crippen LogP contribution in [0.1, 0.15) is 31.5 Å². The van der Waals surface area contributed by atoms with Crippen molar-refractivity contribution in [2.75, 3.05) is 6.54 Å². The Hall–Kier alpha value is -1.42. The van der Waals surface area contributed by atoms with Crippen LogP contribution in [0, 0.1) is 0 Å². The van der Waals surface area contributed by atoms with Gasteiger partial charge in [-0.15, -0.1) is 0 Å². The number of aromatic nitrogens is 3. The summed E-state index contributed by atoms with van der Waals surface area (Å²) in [6.07, 6.45) is 4.14. The molecule has 3 rings (SSSR count). The van der Waals surface area contributed by atoms with Crippen LogP contribution in [0.3, 0.4) is 0 Å². The summed E-state index contributed by atoms with van der Waals surface area (Å²) in [6, 6.07) is 4.64. The molecular formula is C13H18N4. The third-order valence-electron chi connectivity index (χ3n) is 3.68. The highest BCUT2D eigenvalue weighted by atomic mass is 15.1. The highest BCUT2D eigenvalue weighted by Gasteiger charge is 2.24. The molecule has 0 bridgehead atoms. The second-order valence-corrected chi connectivity index (χ2v) is 4.95. The van der Waals surface area contributed by atoms with Crippen molar-refractivity contribution in [1.29, 1.82) is 0 Å². The number of fused-ring (bicyclic) bond motifs is 1. The van der Waals surface area contributed by atoms with E-state index >= 15 is 0 Å². The minimum Gasteiger partial charge on any atom is -0.330 e. The van der Waals surface area contributed by atoms with E-state index in [0.29, 0.717) is 12.0 Å². The van der Waals surface area contributed by atoms with E-state index in [2.05, 4.69) is 34.9 Å². The lowest BCUT2D eigenvalue weighted by Gasteiger charge is -2.27. The van der Waals surface area contributed by atoms with Crippen LogP contribution in [-0.4, -0.2) is 27.1 Å². The molecule has 3 heterocycles. The quantitative estimate of drug-likeness (QED) is 0.812. The Morgan fingerprint density at radius 3 is 3.12 bits per heavy atom. The van der Waals surface area contributed by atoms with Gasteiger partial charge in [0.2, 0.25) is 0 Å². The molecule has 0 saturated carbocycles. The molecule has 4 heteroatoms. The third-order valence-corrected chi connectivity index (χ3v) is 3.68. The molecule has 0 aromatic carbocycles. The number of hydrogen-bond acceptors (Lipinski definition) is 3. The average molecular weight is 230 g/mol. The fourth-order valence-corrected chi connectivity index (χ4v) is 2.77. The van der Waals surface area contributed by atoms with Gasteiger partial charge in [-0.1, -0.05) is 0 Å². The van der Waals surface area contributed by atoms with E-state index in [-0.39, 0.29) is 0 Å². The largest absolute Gasteiger partial charge is 0.330 e. The number of pyridine rings is 1. The van der Waals surface area contributed by atoms with Gasteiger partial charge in [0.05, 0.1) is 5.52 Å². The summed E-state index contributed by atoms with van der Waals surface area (Å²) >= 11 is 0. The average Bonchev–Trinajstić information content (AvgIpc) is 2.68. The molecule has 4 nitrogen and oxygen atoms in total. The van der Waals surface area contributed by atoms with Gasteiger partial charge in [0.25, 0.3) is 0 Å². The molecule has 0 aliphatic carbocycles. The molecule has 1 fully saturated rings. The summed E-state index contributed by atoms with van der Waals surface area (Å²) in [5.41, 5.74) is 2.00. The van der Waals surface area contributed by atoms with Gasteiger partial charge in [0.1, 0.15) is 5.82 Å². The number of rotatable bonds is 1. The van der Waals surface area contributed by atoms with Gasteiger partial charge in [0, 0.05) is 25.2 Å². The Kier molecular flexibility index (Phi) is 2.59. The number of nitrogens with one attached hydrogen (secondary N) is 1. The van der Waals surface area contributed by atoms with Crippen LogP contribution in [0.15, 0.2) is 18.3 Å². The smallest absolute Gasteiger partial charge is 0.177 e. The molecule has 0 spiro atoms. The first-order valence-corrected chi connectivity index (χ1v) is 6.26. The summed E-state index contributed by atoms with van der Waals surface area (Å²) in [5, 5.41) is 3.48. The van der Waals surface area contributed by atoms with Crippen LogP contribution in [0.5, 0.6) is 0 Å². The van der Waals surface area contributed by atoms with Crippen LogP contribution in [0.25, 0.3) is 11.2 Å². The fourth-order valence-electron chi connectivity index (χ4n) is 2.77. The Bertz CT molecular complexity index is 531. The predicted molar refractivity (Wildman–Crippen MR) is 67.9 cm³/mol. The zero-order valence-corrected chi connectivity index (χ0v) is 10.3. The molecule has 1 aliphatic rings. The summed E-state index contributed by atoms with van der Waals surface area (Å²) < 4.78 is 2.20. The Labute approximate surface area is 101 Å². The minimum atomic E-state index is 0.561. The minimum absolute atomic E-state index is 0.561.